The van der Waals surface area contributed by atoms with E-state index in [-0.39, 0.29) is 12.5 Å². The maximum Gasteiger partial charge on any atom is 0.348 e. The van der Waals surface area contributed by atoms with Crippen molar-refractivity contribution in [2.24, 2.45) is 5.92 Å². The average Bonchev–Trinajstić information content (AvgIpc) is 3.10. The fourth-order valence-electron chi connectivity index (χ4n) is 3.29. The molecule has 2 aromatic rings. The molecule has 1 aliphatic carbocycles. The highest BCUT2D eigenvalue weighted by Crippen LogP contribution is 2.33. The zero-order chi connectivity index (χ0) is 20.1. The van der Waals surface area contributed by atoms with E-state index in [1.807, 2.05) is 6.07 Å². The van der Waals surface area contributed by atoms with Gasteiger partial charge in [0.15, 0.2) is 6.61 Å². The van der Waals surface area contributed by atoms with Crippen LogP contribution in [0.4, 0.5) is 11.4 Å². The maximum absolute atomic E-state index is 12.3. The van der Waals surface area contributed by atoms with Gasteiger partial charge in [-0.15, -0.1) is 11.3 Å². The molecule has 3 rings (SSSR count). The molecule has 2 amide bonds. The van der Waals surface area contributed by atoms with Gasteiger partial charge >= 0.3 is 5.97 Å². The van der Waals surface area contributed by atoms with Gasteiger partial charge in [0.1, 0.15) is 4.88 Å². The van der Waals surface area contributed by atoms with Crippen molar-refractivity contribution in [2.45, 2.75) is 39.5 Å². The molecule has 0 spiro atoms. The Morgan fingerprint density at radius 2 is 1.82 bits per heavy atom. The molecule has 148 valence electrons. The fourth-order valence-corrected chi connectivity index (χ4v) is 4.39. The molecule has 1 heterocycles. The Labute approximate surface area is 168 Å². The summed E-state index contributed by atoms with van der Waals surface area (Å²) in [5.74, 6) is -0.338. The molecule has 0 fully saturated rings. The highest BCUT2D eigenvalue weighted by molar-refractivity contribution is 7.14. The standard InChI is InChI=1S/C21H24N2O4S/c1-3-14-4-9-18-15(10-14)11-19(28-18)21(26)27-12-20(25)23-17-7-5-16(6-8-17)22-13(2)24/h5-8,11,14H,3-4,9-10,12H2,1-2H3,(H,22,24)(H,23,25)/t14-/m0/s1. The number of hydrogen-bond acceptors (Lipinski definition) is 5. The van der Waals surface area contributed by atoms with E-state index < -0.39 is 11.9 Å². The molecule has 0 bridgehead atoms. The molecule has 1 atom stereocenters. The lowest BCUT2D eigenvalue weighted by Crippen LogP contribution is -2.20. The van der Waals surface area contributed by atoms with E-state index in [4.69, 9.17) is 4.74 Å². The summed E-state index contributed by atoms with van der Waals surface area (Å²) in [4.78, 5) is 37.2. The number of anilines is 2. The number of aryl methyl sites for hydroxylation is 1. The molecule has 2 N–H and O–H groups in total. The van der Waals surface area contributed by atoms with Gasteiger partial charge in [0.25, 0.3) is 5.91 Å². The minimum atomic E-state index is -0.455. The van der Waals surface area contributed by atoms with E-state index in [0.717, 1.165) is 19.3 Å². The highest BCUT2D eigenvalue weighted by Gasteiger charge is 2.23. The molecule has 1 aromatic carbocycles. The lowest BCUT2D eigenvalue weighted by molar-refractivity contribution is -0.119. The summed E-state index contributed by atoms with van der Waals surface area (Å²) in [6.07, 6.45) is 4.36. The molecule has 7 heteroatoms. The molecule has 0 saturated heterocycles. The van der Waals surface area contributed by atoms with Crippen molar-refractivity contribution in [1.82, 2.24) is 0 Å². The summed E-state index contributed by atoms with van der Waals surface area (Å²) >= 11 is 1.48. The van der Waals surface area contributed by atoms with Crippen LogP contribution in [0.5, 0.6) is 0 Å². The third-order valence-electron chi connectivity index (χ3n) is 4.79. The predicted molar refractivity (Wildman–Crippen MR) is 110 cm³/mol. The monoisotopic (exact) mass is 400 g/mol. The first-order chi connectivity index (χ1) is 13.4. The van der Waals surface area contributed by atoms with Crippen LogP contribution < -0.4 is 10.6 Å². The van der Waals surface area contributed by atoms with Gasteiger partial charge in [-0.25, -0.2) is 4.79 Å². The summed E-state index contributed by atoms with van der Waals surface area (Å²) in [5.41, 5.74) is 2.45. The van der Waals surface area contributed by atoms with Crippen molar-refractivity contribution in [3.8, 4) is 0 Å². The van der Waals surface area contributed by atoms with Gasteiger partial charge in [0, 0.05) is 23.2 Å². The van der Waals surface area contributed by atoms with Crippen LogP contribution in [0.2, 0.25) is 0 Å². The lowest BCUT2D eigenvalue weighted by atomic mass is 9.87. The second kappa shape index (κ2) is 9.01. The predicted octanol–water partition coefficient (Wildman–Crippen LogP) is 4.02. The SMILES string of the molecule is CC[C@H]1CCc2sc(C(=O)OCC(=O)Nc3ccc(NC(C)=O)cc3)cc2C1. The van der Waals surface area contributed by atoms with E-state index in [9.17, 15) is 14.4 Å². The zero-order valence-corrected chi connectivity index (χ0v) is 16.9. The number of ether oxygens (including phenoxy) is 1. The number of hydrogen-bond donors (Lipinski definition) is 2. The van der Waals surface area contributed by atoms with Gasteiger partial charge in [0.2, 0.25) is 5.91 Å². The molecule has 0 radical (unpaired) electrons. The first kappa shape index (κ1) is 20.1. The third-order valence-corrected chi connectivity index (χ3v) is 6.00. The molecular formula is C21H24N2O4S. The minimum Gasteiger partial charge on any atom is -0.451 e. The van der Waals surface area contributed by atoms with E-state index in [1.165, 1.54) is 35.1 Å². The van der Waals surface area contributed by atoms with Gasteiger partial charge in [0.05, 0.1) is 0 Å². The number of rotatable bonds is 6. The Hall–Kier alpha value is -2.67. The molecule has 0 aliphatic heterocycles. The Morgan fingerprint density at radius 3 is 2.46 bits per heavy atom. The summed E-state index contributed by atoms with van der Waals surface area (Å²) in [7, 11) is 0. The first-order valence-electron chi connectivity index (χ1n) is 9.40. The van der Waals surface area contributed by atoms with E-state index >= 15 is 0 Å². The number of fused-ring (bicyclic) bond motifs is 1. The zero-order valence-electron chi connectivity index (χ0n) is 16.0. The van der Waals surface area contributed by atoms with E-state index in [1.54, 1.807) is 24.3 Å². The van der Waals surface area contributed by atoms with Crippen LogP contribution >= 0.6 is 11.3 Å². The van der Waals surface area contributed by atoms with Crippen molar-refractivity contribution >= 4 is 40.5 Å². The Balaban J connectivity index is 1.50. The van der Waals surface area contributed by atoms with E-state index in [0.29, 0.717) is 22.2 Å². The summed E-state index contributed by atoms with van der Waals surface area (Å²) in [6, 6.07) is 8.62. The van der Waals surface area contributed by atoms with Crippen molar-refractivity contribution in [2.75, 3.05) is 17.2 Å². The van der Waals surface area contributed by atoms with E-state index in [2.05, 4.69) is 17.6 Å². The number of benzene rings is 1. The third kappa shape index (κ3) is 5.19. The first-order valence-corrected chi connectivity index (χ1v) is 10.2. The van der Waals surface area contributed by atoms with Crippen molar-refractivity contribution in [1.29, 1.82) is 0 Å². The second-order valence-electron chi connectivity index (χ2n) is 6.96. The molecule has 1 aromatic heterocycles. The summed E-state index contributed by atoms with van der Waals surface area (Å²) in [6.45, 7) is 3.28. The fraction of sp³-hybridized carbons (Fsp3) is 0.381. The van der Waals surface area contributed by atoms with Crippen molar-refractivity contribution < 1.29 is 19.1 Å². The summed E-state index contributed by atoms with van der Waals surface area (Å²) in [5, 5.41) is 5.32. The Bertz CT molecular complexity index is 873. The largest absolute Gasteiger partial charge is 0.451 e. The summed E-state index contributed by atoms with van der Waals surface area (Å²) < 4.78 is 5.17. The van der Waals surface area contributed by atoms with Gasteiger partial charge in [-0.2, -0.15) is 0 Å². The van der Waals surface area contributed by atoms with Crippen LogP contribution in [0.15, 0.2) is 30.3 Å². The van der Waals surface area contributed by atoms with Gasteiger partial charge in [-0.05, 0) is 61.1 Å². The Morgan fingerprint density at radius 1 is 1.14 bits per heavy atom. The molecule has 0 saturated carbocycles. The van der Waals surface area contributed by atoms with Crippen LogP contribution in [-0.4, -0.2) is 24.4 Å². The van der Waals surface area contributed by atoms with Crippen LogP contribution in [0, 0.1) is 5.92 Å². The van der Waals surface area contributed by atoms with Crippen molar-refractivity contribution in [3.05, 3.63) is 45.6 Å². The number of amides is 2. The molecular weight excluding hydrogens is 376 g/mol. The van der Waals surface area contributed by atoms with Gasteiger partial charge in [-0.3, -0.25) is 9.59 Å². The number of esters is 1. The quantitative estimate of drug-likeness (QED) is 0.718. The number of carbonyl (C=O) groups excluding carboxylic acids is 3. The number of nitrogens with one attached hydrogen (secondary N) is 2. The normalized spacial score (nSPS) is 15.4. The van der Waals surface area contributed by atoms with Crippen LogP contribution in [0.3, 0.4) is 0 Å². The number of carbonyl (C=O) groups is 3. The smallest absolute Gasteiger partial charge is 0.348 e. The topological polar surface area (TPSA) is 84.5 Å². The molecule has 6 nitrogen and oxygen atoms in total. The van der Waals surface area contributed by atoms with Crippen LogP contribution in [0.1, 0.15) is 46.8 Å². The van der Waals surface area contributed by atoms with Crippen LogP contribution in [0.25, 0.3) is 0 Å². The molecule has 1 aliphatic rings. The second-order valence-corrected chi connectivity index (χ2v) is 8.10. The van der Waals surface area contributed by atoms with Gasteiger partial charge < -0.3 is 15.4 Å². The minimum absolute atomic E-state index is 0.163. The number of thiophene rings is 1. The average molecular weight is 401 g/mol. The van der Waals surface area contributed by atoms with Crippen LogP contribution in [-0.2, 0) is 27.2 Å². The maximum atomic E-state index is 12.3. The van der Waals surface area contributed by atoms with Gasteiger partial charge in [-0.1, -0.05) is 13.3 Å². The van der Waals surface area contributed by atoms with Crippen molar-refractivity contribution in [3.63, 3.8) is 0 Å². The molecule has 0 unspecified atom stereocenters. The Kier molecular flexibility index (Phi) is 6.46. The molecule has 28 heavy (non-hydrogen) atoms. The highest BCUT2D eigenvalue weighted by atomic mass is 32.1. The lowest BCUT2D eigenvalue weighted by Gasteiger charge is -2.19.